The highest BCUT2D eigenvalue weighted by Crippen LogP contribution is 2.18. The highest BCUT2D eigenvalue weighted by Gasteiger charge is 2.07. The predicted molar refractivity (Wildman–Crippen MR) is 46.5 cm³/mol. The number of benzene rings is 1. The number of hydrogen-bond donors (Lipinski definition) is 0. The molecule has 0 amide bonds. The van der Waals surface area contributed by atoms with Crippen molar-refractivity contribution < 1.29 is 8.78 Å². The summed E-state index contributed by atoms with van der Waals surface area (Å²) in [7, 11) is 0. The highest BCUT2D eigenvalue weighted by molar-refractivity contribution is 5.63. The molecule has 0 fully saturated rings. The van der Waals surface area contributed by atoms with Gasteiger partial charge in [0.2, 0.25) is 0 Å². The lowest BCUT2D eigenvalue weighted by atomic mass is 10.1. The molecule has 0 bridgehead atoms. The highest BCUT2D eigenvalue weighted by atomic mass is 19.2. The van der Waals surface area contributed by atoms with E-state index in [0.29, 0.717) is 5.56 Å². The van der Waals surface area contributed by atoms with Crippen molar-refractivity contribution in [2.24, 2.45) is 0 Å². The first-order valence-corrected chi connectivity index (χ1v) is 3.43. The zero-order chi connectivity index (χ0) is 9.14. The van der Waals surface area contributed by atoms with Gasteiger partial charge in [-0.25, -0.2) is 8.78 Å². The topological polar surface area (TPSA) is 0 Å². The van der Waals surface area contributed by atoms with Crippen LogP contribution < -0.4 is 0 Å². The van der Waals surface area contributed by atoms with Crippen LogP contribution in [0, 0.1) is 11.6 Å². The van der Waals surface area contributed by atoms with Crippen LogP contribution in [0.3, 0.4) is 0 Å². The lowest BCUT2D eigenvalue weighted by molar-refractivity contribution is 0.507. The van der Waals surface area contributed by atoms with Gasteiger partial charge in [0.05, 0.1) is 0 Å². The summed E-state index contributed by atoms with van der Waals surface area (Å²) in [5.74, 6) is -1.74. The van der Waals surface area contributed by atoms with Crippen molar-refractivity contribution in [2.75, 3.05) is 0 Å². The number of halogens is 2. The van der Waals surface area contributed by atoms with Crippen LogP contribution in [0.1, 0.15) is 11.1 Å². The van der Waals surface area contributed by atoms with E-state index in [4.69, 9.17) is 0 Å². The van der Waals surface area contributed by atoms with E-state index in [9.17, 15) is 8.78 Å². The third kappa shape index (κ3) is 1.28. The molecule has 0 radical (unpaired) electrons. The van der Waals surface area contributed by atoms with E-state index in [1.807, 2.05) is 0 Å². The quantitative estimate of drug-likeness (QED) is 0.632. The third-order valence-electron chi connectivity index (χ3n) is 1.59. The monoisotopic (exact) mass is 166 g/mol. The molecule has 0 nitrogen and oxygen atoms in total. The normalized spacial score (nSPS) is 9.50. The van der Waals surface area contributed by atoms with Gasteiger partial charge < -0.3 is 0 Å². The summed E-state index contributed by atoms with van der Waals surface area (Å²) in [6.45, 7) is 6.86. The van der Waals surface area contributed by atoms with E-state index in [1.165, 1.54) is 18.2 Å². The molecule has 12 heavy (non-hydrogen) atoms. The van der Waals surface area contributed by atoms with E-state index < -0.39 is 11.6 Å². The van der Waals surface area contributed by atoms with E-state index in [2.05, 4.69) is 13.2 Å². The van der Waals surface area contributed by atoms with Crippen LogP contribution in [-0.2, 0) is 0 Å². The fourth-order valence-corrected chi connectivity index (χ4v) is 0.967. The lowest BCUT2D eigenvalue weighted by Crippen LogP contribution is -1.91. The summed E-state index contributed by atoms with van der Waals surface area (Å²) in [6, 6.07) is 2.53. The Morgan fingerprint density at radius 3 is 2.25 bits per heavy atom. The smallest absolute Gasteiger partial charge is 0.166 e. The van der Waals surface area contributed by atoms with Crippen LogP contribution in [0.15, 0.2) is 25.3 Å². The molecular formula is C10H8F2. The van der Waals surface area contributed by atoms with Gasteiger partial charge in [0.15, 0.2) is 11.6 Å². The molecule has 1 aromatic carbocycles. The van der Waals surface area contributed by atoms with Crippen molar-refractivity contribution in [2.45, 2.75) is 0 Å². The Balaban J connectivity index is 3.45. The Hall–Kier alpha value is -1.44. The van der Waals surface area contributed by atoms with Crippen LogP contribution in [-0.4, -0.2) is 0 Å². The van der Waals surface area contributed by atoms with Gasteiger partial charge in [-0.3, -0.25) is 0 Å². The Morgan fingerprint density at radius 2 is 1.75 bits per heavy atom. The minimum atomic E-state index is -0.873. The maximum absolute atomic E-state index is 13.0. The minimum Gasteiger partial charge on any atom is -0.204 e. The molecular weight excluding hydrogens is 158 g/mol. The maximum Gasteiger partial charge on any atom is 0.166 e. The van der Waals surface area contributed by atoms with E-state index in [-0.39, 0.29) is 5.56 Å². The SMILES string of the molecule is C=Cc1ccc(F)c(F)c1C=C. The Bertz CT molecular complexity index is 327. The molecule has 0 unspecified atom stereocenters. The summed E-state index contributed by atoms with van der Waals surface area (Å²) >= 11 is 0. The molecule has 0 spiro atoms. The van der Waals surface area contributed by atoms with Crippen LogP contribution in [0.5, 0.6) is 0 Å². The molecule has 1 aromatic rings. The molecule has 0 aliphatic carbocycles. The van der Waals surface area contributed by atoms with Crippen molar-refractivity contribution in [1.29, 1.82) is 0 Å². The first kappa shape index (κ1) is 8.65. The second-order valence-electron chi connectivity index (χ2n) is 2.27. The van der Waals surface area contributed by atoms with Gasteiger partial charge >= 0.3 is 0 Å². The predicted octanol–water partition coefficient (Wildman–Crippen LogP) is 3.25. The summed E-state index contributed by atoms with van der Waals surface area (Å²) in [4.78, 5) is 0. The molecule has 0 saturated heterocycles. The molecule has 0 aliphatic rings. The summed E-state index contributed by atoms with van der Waals surface area (Å²) in [6.07, 6.45) is 2.73. The van der Waals surface area contributed by atoms with Gasteiger partial charge in [-0.1, -0.05) is 31.4 Å². The molecule has 0 N–H and O–H groups in total. The molecule has 0 atom stereocenters. The van der Waals surface area contributed by atoms with E-state index in [1.54, 1.807) is 0 Å². The zero-order valence-corrected chi connectivity index (χ0v) is 6.48. The first-order chi connectivity index (χ1) is 5.70. The van der Waals surface area contributed by atoms with Crippen molar-refractivity contribution >= 4 is 12.2 Å². The van der Waals surface area contributed by atoms with Crippen LogP contribution in [0.4, 0.5) is 8.78 Å². The molecule has 0 saturated carbocycles. The molecule has 0 aliphatic heterocycles. The number of rotatable bonds is 2. The van der Waals surface area contributed by atoms with Crippen molar-refractivity contribution in [3.8, 4) is 0 Å². The fraction of sp³-hybridized carbons (Fsp3) is 0. The van der Waals surface area contributed by atoms with Gasteiger partial charge in [-0.15, -0.1) is 0 Å². The van der Waals surface area contributed by atoms with Crippen molar-refractivity contribution in [1.82, 2.24) is 0 Å². The second kappa shape index (κ2) is 3.30. The lowest BCUT2D eigenvalue weighted by Gasteiger charge is -2.02. The van der Waals surface area contributed by atoms with Gasteiger partial charge in [0, 0.05) is 5.56 Å². The average Bonchev–Trinajstić information content (AvgIpc) is 2.09. The van der Waals surface area contributed by atoms with E-state index >= 15 is 0 Å². The first-order valence-electron chi connectivity index (χ1n) is 3.43. The second-order valence-corrected chi connectivity index (χ2v) is 2.27. The van der Waals surface area contributed by atoms with Crippen LogP contribution in [0.2, 0.25) is 0 Å². The molecule has 0 heterocycles. The molecule has 0 aromatic heterocycles. The molecule has 62 valence electrons. The zero-order valence-electron chi connectivity index (χ0n) is 6.48. The summed E-state index contributed by atoms with van der Waals surface area (Å²) in [5, 5.41) is 0. The molecule has 2 heteroatoms. The van der Waals surface area contributed by atoms with Crippen molar-refractivity contribution in [3.63, 3.8) is 0 Å². The largest absolute Gasteiger partial charge is 0.204 e. The molecule has 1 rings (SSSR count). The van der Waals surface area contributed by atoms with Gasteiger partial charge in [0.1, 0.15) is 0 Å². The summed E-state index contributed by atoms with van der Waals surface area (Å²) in [5.41, 5.74) is 0.703. The number of hydrogen-bond acceptors (Lipinski definition) is 0. The minimum absolute atomic E-state index is 0.157. The van der Waals surface area contributed by atoms with Gasteiger partial charge in [0.25, 0.3) is 0 Å². The average molecular weight is 166 g/mol. The van der Waals surface area contributed by atoms with Gasteiger partial charge in [-0.2, -0.15) is 0 Å². The Kier molecular flexibility index (Phi) is 2.38. The summed E-state index contributed by atoms with van der Waals surface area (Å²) < 4.78 is 25.6. The van der Waals surface area contributed by atoms with Crippen molar-refractivity contribution in [3.05, 3.63) is 48.1 Å². The van der Waals surface area contributed by atoms with Crippen LogP contribution in [0.25, 0.3) is 12.2 Å². The third-order valence-corrected chi connectivity index (χ3v) is 1.59. The van der Waals surface area contributed by atoms with Gasteiger partial charge in [-0.05, 0) is 11.6 Å². The van der Waals surface area contributed by atoms with Crippen LogP contribution >= 0.6 is 0 Å². The maximum atomic E-state index is 13.0. The standard InChI is InChI=1S/C10H8F2/c1-3-7-5-6-9(11)10(12)8(7)4-2/h3-6H,1-2H2. The Labute approximate surface area is 69.8 Å². The fourth-order valence-electron chi connectivity index (χ4n) is 0.967. The Morgan fingerprint density at radius 1 is 1.08 bits per heavy atom. The van der Waals surface area contributed by atoms with E-state index in [0.717, 1.165) is 6.07 Å².